The Morgan fingerprint density at radius 2 is 2.20 bits per heavy atom. The minimum absolute atomic E-state index is 0.0488. The molecule has 0 bridgehead atoms. The van der Waals surface area contributed by atoms with Crippen molar-refractivity contribution in [1.29, 1.82) is 0 Å². The maximum absolute atomic E-state index is 8.62. The zero-order valence-electron chi connectivity index (χ0n) is 10.3. The number of aromatic nitrogens is 1. The van der Waals surface area contributed by atoms with Gasteiger partial charge in [-0.05, 0) is 35.9 Å². The summed E-state index contributed by atoms with van der Waals surface area (Å²) in [6.07, 6.45) is 1.56. The number of hydrogen-bond donors (Lipinski definition) is 2. The third kappa shape index (κ3) is 3.61. The summed E-state index contributed by atoms with van der Waals surface area (Å²) < 4.78 is 6.52. The fourth-order valence-corrected chi connectivity index (χ4v) is 2.02. The van der Waals surface area contributed by atoms with Crippen LogP contribution in [0.3, 0.4) is 0 Å². The van der Waals surface area contributed by atoms with Crippen molar-refractivity contribution in [3.05, 3.63) is 57.3 Å². The van der Waals surface area contributed by atoms with Gasteiger partial charge >= 0.3 is 0 Å². The van der Waals surface area contributed by atoms with Crippen LogP contribution < -0.4 is 10.5 Å². The molecule has 1 aromatic carbocycles. The molecule has 0 saturated carbocycles. The lowest BCUT2D eigenvalue weighted by molar-refractivity contribution is 0.306. The highest BCUT2D eigenvalue weighted by atomic mass is 79.9. The van der Waals surface area contributed by atoms with E-state index < -0.39 is 0 Å². The number of benzene rings is 1. The van der Waals surface area contributed by atoms with E-state index in [4.69, 9.17) is 27.3 Å². The second kappa shape index (κ2) is 6.58. The molecule has 1 heterocycles. The van der Waals surface area contributed by atoms with Crippen molar-refractivity contribution in [3.63, 3.8) is 0 Å². The zero-order chi connectivity index (χ0) is 14.5. The van der Waals surface area contributed by atoms with E-state index in [1.165, 1.54) is 0 Å². The van der Waals surface area contributed by atoms with Crippen molar-refractivity contribution in [2.24, 2.45) is 10.9 Å². The number of nitrogens with zero attached hydrogens (tertiary/aromatic N) is 2. The molecule has 2 rings (SSSR count). The smallest absolute Gasteiger partial charge is 0.188 e. The van der Waals surface area contributed by atoms with Gasteiger partial charge in [0, 0.05) is 10.7 Å². The van der Waals surface area contributed by atoms with Gasteiger partial charge in [0.25, 0.3) is 0 Å². The van der Waals surface area contributed by atoms with Crippen LogP contribution in [-0.2, 0) is 6.61 Å². The monoisotopic (exact) mass is 355 g/mol. The van der Waals surface area contributed by atoms with Crippen molar-refractivity contribution in [3.8, 4) is 5.75 Å². The lowest BCUT2D eigenvalue weighted by atomic mass is 10.2. The Balaban J connectivity index is 2.13. The number of rotatable bonds is 4. The second-order valence-electron chi connectivity index (χ2n) is 3.90. The molecule has 5 nitrogen and oxygen atoms in total. The molecule has 0 amide bonds. The molecule has 0 aliphatic heterocycles. The molecule has 0 spiro atoms. The molecule has 104 valence electrons. The molecule has 0 aliphatic rings. The Morgan fingerprint density at radius 1 is 1.40 bits per heavy atom. The van der Waals surface area contributed by atoms with Gasteiger partial charge in [0.05, 0.1) is 5.02 Å². The molecule has 2 aromatic rings. The maximum atomic E-state index is 8.62. The molecule has 0 atom stereocenters. The summed E-state index contributed by atoms with van der Waals surface area (Å²) in [4.78, 5) is 3.99. The Morgan fingerprint density at radius 3 is 2.95 bits per heavy atom. The van der Waals surface area contributed by atoms with Gasteiger partial charge in [-0.3, -0.25) is 4.98 Å². The van der Waals surface area contributed by atoms with Crippen LogP contribution in [0.1, 0.15) is 11.3 Å². The van der Waals surface area contributed by atoms with E-state index in [2.05, 4.69) is 26.1 Å². The molecule has 0 radical (unpaired) electrons. The average Bonchev–Trinajstić information content (AvgIpc) is 2.47. The van der Waals surface area contributed by atoms with Gasteiger partial charge in [-0.2, -0.15) is 0 Å². The summed E-state index contributed by atoms with van der Waals surface area (Å²) in [6.45, 7) is 0.296. The van der Waals surface area contributed by atoms with Crippen LogP contribution in [0, 0.1) is 0 Å². The first kappa shape index (κ1) is 14.6. The topological polar surface area (TPSA) is 80.7 Å². The Hall–Kier alpha value is -1.79. The highest BCUT2D eigenvalue weighted by molar-refractivity contribution is 9.10. The minimum atomic E-state index is -0.0488. The van der Waals surface area contributed by atoms with Gasteiger partial charge in [0.1, 0.15) is 18.1 Å². The number of amidine groups is 1. The van der Waals surface area contributed by atoms with E-state index in [-0.39, 0.29) is 5.84 Å². The molecule has 20 heavy (non-hydrogen) atoms. The minimum Gasteiger partial charge on any atom is -0.487 e. The molecule has 1 aromatic heterocycles. The fraction of sp³-hybridized carbons (Fsp3) is 0.0769. The predicted octanol–water partition coefficient (Wildman–Crippen LogP) is 3.17. The van der Waals surface area contributed by atoms with Crippen molar-refractivity contribution in [2.75, 3.05) is 0 Å². The Kier molecular flexibility index (Phi) is 4.81. The normalized spacial score (nSPS) is 11.4. The van der Waals surface area contributed by atoms with Crippen LogP contribution >= 0.6 is 27.5 Å². The van der Waals surface area contributed by atoms with Crippen molar-refractivity contribution < 1.29 is 9.94 Å². The van der Waals surface area contributed by atoms with Crippen LogP contribution in [0.5, 0.6) is 5.75 Å². The summed E-state index contributed by atoms with van der Waals surface area (Å²) in [5.41, 5.74) is 6.70. The van der Waals surface area contributed by atoms with Gasteiger partial charge in [-0.25, -0.2) is 0 Å². The van der Waals surface area contributed by atoms with E-state index in [0.29, 0.717) is 23.1 Å². The second-order valence-corrected chi connectivity index (χ2v) is 5.22. The fourth-order valence-electron chi connectivity index (χ4n) is 1.50. The summed E-state index contributed by atoms with van der Waals surface area (Å²) in [5, 5.41) is 12.1. The van der Waals surface area contributed by atoms with E-state index in [9.17, 15) is 0 Å². The highest BCUT2D eigenvalue weighted by Gasteiger charge is 2.05. The number of ether oxygens (including phenoxy) is 1. The Labute approximate surface area is 129 Å². The highest BCUT2D eigenvalue weighted by Crippen LogP contribution is 2.28. The first-order valence-electron chi connectivity index (χ1n) is 5.61. The van der Waals surface area contributed by atoms with Crippen LogP contribution in [0.4, 0.5) is 0 Å². The number of pyridine rings is 1. The van der Waals surface area contributed by atoms with E-state index in [1.54, 1.807) is 30.5 Å². The number of halogens is 2. The molecule has 0 unspecified atom stereocenters. The third-order valence-electron chi connectivity index (χ3n) is 2.48. The first-order valence-corrected chi connectivity index (χ1v) is 6.78. The van der Waals surface area contributed by atoms with Crippen molar-refractivity contribution in [2.45, 2.75) is 6.61 Å². The van der Waals surface area contributed by atoms with E-state index in [0.717, 1.165) is 10.0 Å². The molecular weight excluding hydrogens is 346 g/mol. The van der Waals surface area contributed by atoms with E-state index in [1.807, 2.05) is 6.07 Å². The SMILES string of the molecule is NC(=NO)c1cc(COc2cc(Br)ccc2Cl)ccn1. The van der Waals surface area contributed by atoms with Gasteiger partial charge < -0.3 is 15.7 Å². The predicted molar refractivity (Wildman–Crippen MR) is 80.2 cm³/mol. The van der Waals surface area contributed by atoms with Gasteiger partial charge in [0.2, 0.25) is 0 Å². The third-order valence-corrected chi connectivity index (χ3v) is 3.29. The van der Waals surface area contributed by atoms with Crippen LogP contribution in [0.25, 0.3) is 0 Å². The van der Waals surface area contributed by atoms with Crippen molar-refractivity contribution >= 4 is 33.4 Å². The summed E-state index contributed by atoms with van der Waals surface area (Å²) in [7, 11) is 0. The van der Waals surface area contributed by atoms with Gasteiger partial charge in [-0.1, -0.05) is 32.7 Å². The van der Waals surface area contributed by atoms with Gasteiger partial charge in [-0.15, -0.1) is 0 Å². The number of hydrogen-bond acceptors (Lipinski definition) is 4. The molecule has 0 fully saturated rings. The van der Waals surface area contributed by atoms with Crippen LogP contribution in [0.15, 0.2) is 46.2 Å². The molecule has 7 heteroatoms. The first-order chi connectivity index (χ1) is 9.60. The van der Waals surface area contributed by atoms with Crippen LogP contribution in [0.2, 0.25) is 5.02 Å². The lowest BCUT2D eigenvalue weighted by Crippen LogP contribution is -2.15. The van der Waals surface area contributed by atoms with Gasteiger partial charge in [0.15, 0.2) is 5.84 Å². The average molecular weight is 357 g/mol. The van der Waals surface area contributed by atoms with E-state index >= 15 is 0 Å². The molecular formula is C13H11BrClN3O2. The lowest BCUT2D eigenvalue weighted by Gasteiger charge is -2.09. The summed E-state index contributed by atoms with van der Waals surface area (Å²) in [5.74, 6) is 0.524. The summed E-state index contributed by atoms with van der Waals surface area (Å²) >= 11 is 9.39. The summed E-state index contributed by atoms with van der Waals surface area (Å²) in [6, 6.07) is 8.82. The number of nitrogens with two attached hydrogens (primary N) is 1. The molecule has 3 N–H and O–H groups in total. The maximum Gasteiger partial charge on any atom is 0.188 e. The quantitative estimate of drug-likeness (QED) is 0.381. The number of oxime groups is 1. The molecule has 0 saturated heterocycles. The zero-order valence-corrected chi connectivity index (χ0v) is 12.6. The van der Waals surface area contributed by atoms with Crippen molar-refractivity contribution in [1.82, 2.24) is 4.98 Å². The van der Waals surface area contributed by atoms with Crippen LogP contribution in [-0.4, -0.2) is 16.0 Å². The standard InChI is InChI=1S/C13H11BrClN3O2/c14-9-1-2-10(15)12(6-9)20-7-8-3-4-17-11(5-8)13(16)18-19/h1-6,19H,7H2,(H2,16,18). The molecule has 0 aliphatic carbocycles. The Bertz CT molecular complexity index is 649. The largest absolute Gasteiger partial charge is 0.487 e.